The van der Waals surface area contributed by atoms with E-state index >= 15 is 0 Å². The van der Waals surface area contributed by atoms with Gasteiger partial charge in [-0.15, -0.1) is 0 Å². The van der Waals surface area contributed by atoms with Gasteiger partial charge in [0, 0.05) is 13.1 Å². The molecule has 1 aliphatic rings. The summed E-state index contributed by atoms with van der Waals surface area (Å²) in [7, 11) is 0. The Bertz CT molecular complexity index is 1140. The van der Waals surface area contributed by atoms with Gasteiger partial charge in [-0.05, 0) is 42.4 Å². The number of nitrogens with two attached hydrogens (primary N) is 2. The smallest absolute Gasteiger partial charge is 0.266 e. The molecule has 0 radical (unpaired) electrons. The second-order valence-electron chi connectivity index (χ2n) is 9.02. The quantitative estimate of drug-likeness (QED) is 0.364. The van der Waals surface area contributed by atoms with Crippen LogP contribution in [0.25, 0.3) is 0 Å². The van der Waals surface area contributed by atoms with Gasteiger partial charge in [0.1, 0.15) is 0 Å². The molecule has 186 valence electrons. The van der Waals surface area contributed by atoms with Crippen LogP contribution < -0.4 is 16.8 Å². The number of carbonyl (C=O) groups excluding carboxylic acids is 2. The predicted octanol–water partition coefficient (Wildman–Crippen LogP) is 2.94. The molecule has 3 aromatic rings. The number of carbonyl (C=O) groups is 2. The number of hydrogen-bond acceptors (Lipinski definition) is 5. The number of rotatable bonds is 11. The lowest BCUT2D eigenvalue weighted by molar-refractivity contribution is -0.130. The average molecular weight is 484 g/mol. The van der Waals surface area contributed by atoms with Crippen molar-refractivity contribution in [1.82, 2.24) is 10.2 Å². The fourth-order valence-electron chi connectivity index (χ4n) is 4.57. The largest absolute Gasteiger partial charge is 0.369 e. The summed E-state index contributed by atoms with van der Waals surface area (Å²) in [5.74, 6) is -0.0639. The molecule has 7 heteroatoms. The van der Waals surface area contributed by atoms with E-state index in [0.717, 1.165) is 36.0 Å². The molecule has 5 N–H and O–H groups in total. The maximum absolute atomic E-state index is 13.7. The highest BCUT2D eigenvalue weighted by Crippen LogP contribution is 2.39. The first-order chi connectivity index (χ1) is 17.5. The van der Waals surface area contributed by atoms with Crippen molar-refractivity contribution in [2.45, 2.75) is 37.3 Å². The number of benzene rings is 3. The van der Waals surface area contributed by atoms with Crippen LogP contribution >= 0.6 is 0 Å². The summed E-state index contributed by atoms with van der Waals surface area (Å²) in [5.41, 5.74) is 13.8. The van der Waals surface area contributed by atoms with Crippen LogP contribution in [0.5, 0.6) is 0 Å². The second-order valence-corrected chi connectivity index (χ2v) is 9.02. The van der Waals surface area contributed by atoms with E-state index in [0.29, 0.717) is 19.5 Å². The van der Waals surface area contributed by atoms with Crippen LogP contribution in [-0.2, 0) is 21.5 Å². The number of hydrogen-bond donors (Lipinski definition) is 3. The van der Waals surface area contributed by atoms with Gasteiger partial charge in [0.25, 0.3) is 5.91 Å². The molecule has 0 aliphatic carbocycles. The molecule has 0 unspecified atom stereocenters. The van der Waals surface area contributed by atoms with Crippen molar-refractivity contribution >= 4 is 17.8 Å². The van der Waals surface area contributed by atoms with Gasteiger partial charge in [0.2, 0.25) is 5.91 Å². The van der Waals surface area contributed by atoms with Gasteiger partial charge >= 0.3 is 0 Å². The first-order valence-corrected chi connectivity index (χ1v) is 12.4. The second kappa shape index (κ2) is 11.6. The summed E-state index contributed by atoms with van der Waals surface area (Å²) in [6, 6.07) is 28.3. The Kier molecular flexibility index (Phi) is 8.13. The fraction of sp³-hybridized carbons (Fsp3) is 0.276. The summed E-state index contributed by atoms with van der Waals surface area (Å²) < 4.78 is 0. The third-order valence-corrected chi connectivity index (χ3v) is 6.49. The van der Waals surface area contributed by atoms with Crippen molar-refractivity contribution in [2.24, 2.45) is 16.5 Å². The van der Waals surface area contributed by atoms with Crippen molar-refractivity contribution in [3.8, 4) is 0 Å². The fourth-order valence-corrected chi connectivity index (χ4v) is 4.57. The van der Waals surface area contributed by atoms with Gasteiger partial charge < -0.3 is 16.8 Å². The van der Waals surface area contributed by atoms with Crippen LogP contribution in [0, 0.1) is 0 Å². The molecule has 7 nitrogen and oxygen atoms in total. The normalized spacial score (nSPS) is 15.4. The first-order valence-electron chi connectivity index (χ1n) is 12.4. The number of unbranched alkanes of at least 4 members (excludes halogenated alkanes) is 2. The third kappa shape index (κ3) is 5.47. The van der Waals surface area contributed by atoms with E-state index in [1.165, 1.54) is 0 Å². The molecule has 0 spiro atoms. The highest BCUT2D eigenvalue weighted by molar-refractivity contribution is 6.09. The summed E-state index contributed by atoms with van der Waals surface area (Å²) in [6.07, 6.45) is 2.86. The number of guanidine groups is 1. The Morgan fingerprint density at radius 3 is 2.00 bits per heavy atom. The first kappa shape index (κ1) is 25.1. The summed E-state index contributed by atoms with van der Waals surface area (Å²) in [5, 5.41) is 2.91. The number of amides is 2. The lowest BCUT2D eigenvalue weighted by Gasteiger charge is -2.27. The van der Waals surface area contributed by atoms with Gasteiger partial charge in [-0.2, -0.15) is 0 Å². The standard InChI is InChI=1S/C29H33N5O2/c30-25(21-22-13-5-1-6-14-22)26(35)32-19-11-4-12-20-34-27(36)29(33-28(34)31,23-15-7-2-8-16-23)24-17-9-3-10-18-24/h1-3,5-10,13-18,25H,4,11-12,19-21,30H2,(H2,31,33)(H,32,35)/t25-/m0/s1. The van der Waals surface area contributed by atoms with E-state index in [2.05, 4.69) is 5.32 Å². The molecule has 0 saturated carbocycles. The van der Waals surface area contributed by atoms with Crippen LogP contribution in [-0.4, -0.2) is 41.8 Å². The maximum Gasteiger partial charge on any atom is 0.266 e. The zero-order valence-corrected chi connectivity index (χ0v) is 20.3. The van der Waals surface area contributed by atoms with Crippen molar-refractivity contribution in [1.29, 1.82) is 0 Å². The predicted molar refractivity (Wildman–Crippen MR) is 142 cm³/mol. The molecule has 1 aliphatic heterocycles. The van der Waals surface area contributed by atoms with Gasteiger partial charge in [0.15, 0.2) is 11.5 Å². The maximum atomic E-state index is 13.7. The molecule has 3 aromatic carbocycles. The number of aliphatic imine (C=N–C) groups is 1. The van der Waals surface area contributed by atoms with Crippen LogP contribution in [0.3, 0.4) is 0 Å². The zero-order valence-electron chi connectivity index (χ0n) is 20.3. The molecule has 0 aromatic heterocycles. The van der Waals surface area contributed by atoms with Crippen molar-refractivity contribution in [2.75, 3.05) is 13.1 Å². The molecular weight excluding hydrogens is 450 g/mol. The van der Waals surface area contributed by atoms with Gasteiger partial charge in [-0.1, -0.05) is 91.0 Å². The zero-order chi connectivity index (χ0) is 25.4. The third-order valence-electron chi connectivity index (χ3n) is 6.49. The minimum absolute atomic E-state index is 0.141. The van der Waals surface area contributed by atoms with Crippen molar-refractivity contribution in [3.05, 3.63) is 108 Å². The van der Waals surface area contributed by atoms with Crippen LogP contribution in [0.1, 0.15) is 36.0 Å². The highest BCUT2D eigenvalue weighted by atomic mass is 16.2. The summed E-state index contributed by atoms with van der Waals surface area (Å²) in [6.45, 7) is 1.01. The van der Waals surface area contributed by atoms with E-state index in [-0.39, 0.29) is 17.8 Å². The monoisotopic (exact) mass is 483 g/mol. The molecule has 2 amide bonds. The molecule has 0 saturated heterocycles. The molecule has 36 heavy (non-hydrogen) atoms. The van der Waals surface area contributed by atoms with Gasteiger partial charge in [-0.25, -0.2) is 4.99 Å². The Balaban J connectivity index is 1.29. The topological polar surface area (TPSA) is 114 Å². The minimum atomic E-state index is -1.17. The van der Waals surface area contributed by atoms with E-state index in [9.17, 15) is 9.59 Å². The molecule has 4 rings (SSSR count). The van der Waals surface area contributed by atoms with E-state index in [1.807, 2.05) is 91.0 Å². The summed E-state index contributed by atoms with van der Waals surface area (Å²) >= 11 is 0. The van der Waals surface area contributed by atoms with Crippen LogP contribution in [0.15, 0.2) is 96.0 Å². The Hall–Kier alpha value is -3.97. The molecular formula is C29H33N5O2. The SMILES string of the molecule is NC1=NC(c2ccccc2)(c2ccccc2)C(=O)N1CCCCCNC(=O)[C@@H](N)Cc1ccccc1. The van der Waals surface area contributed by atoms with Crippen LogP contribution in [0.4, 0.5) is 0 Å². The number of nitrogens with zero attached hydrogens (tertiary/aromatic N) is 2. The lowest BCUT2D eigenvalue weighted by atomic mass is 9.83. The minimum Gasteiger partial charge on any atom is -0.369 e. The molecule has 1 atom stereocenters. The van der Waals surface area contributed by atoms with Gasteiger partial charge in [0.05, 0.1) is 6.04 Å². The van der Waals surface area contributed by atoms with Crippen molar-refractivity contribution in [3.63, 3.8) is 0 Å². The lowest BCUT2D eigenvalue weighted by Crippen LogP contribution is -2.44. The van der Waals surface area contributed by atoms with E-state index < -0.39 is 11.6 Å². The average Bonchev–Trinajstić information content (AvgIpc) is 3.17. The van der Waals surface area contributed by atoms with Crippen LogP contribution in [0.2, 0.25) is 0 Å². The molecule has 1 heterocycles. The number of nitrogens with one attached hydrogen (secondary N) is 1. The van der Waals surface area contributed by atoms with E-state index in [1.54, 1.807) is 4.90 Å². The Morgan fingerprint density at radius 2 is 1.42 bits per heavy atom. The Labute approximate surface area is 212 Å². The van der Waals surface area contributed by atoms with Crippen molar-refractivity contribution < 1.29 is 9.59 Å². The van der Waals surface area contributed by atoms with E-state index in [4.69, 9.17) is 16.5 Å². The van der Waals surface area contributed by atoms with Gasteiger partial charge in [-0.3, -0.25) is 14.5 Å². The summed E-state index contributed by atoms with van der Waals surface area (Å²) in [4.78, 5) is 32.3. The molecule has 0 bridgehead atoms. The Morgan fingerprint density at radius 1 is 0.861 bits per heavy atom. The molecule has 0 fully saturated rings. The highest BCUT2D eigenvalue weighted by Gasteiger charge is 2.50.